The predicted octanol–water partition coefficient (Wildman–Crippen LogP) is 2.63. The normalized spacial score (nSPS) is 30.7. The van der Waals surface area contributed by atoms with Crippen molar-refractivity contribution in [3.05, 3.63) is 29.3 Å². The van der Waals surface area contributed by atoms with Gasteiger partial charge in [0.05, 0.1) is 0 Å². The van der Waals surface area contributed by atoms with Gasteiger partial charge in [0.1, 0.15) is 11.4 Å². The third-order valence-electron chi connectivity index (χ3n) is 4.56. The lowest BCUT2D eigenvalue weighted by molar-refractivity contribution is 0.0409. The number of hydrogen-bond donors (Lipinski definition) is 1. The van der Waals surface area contributed by atoms with Gasteiger partial charge in [-0.1, -0.05) is 17.7 Å². The molecule has 2 heterocycles. The highest BCUT2D eigenvalue weighted by Gasteiger charge is 2.45. The third-order valence-corrected chi connectivity index (χ3v) is 4.56. The van der Waals surface area contributed by atoms with Crippen molar-refractivity contribution in [2.45, 2.75) is 51.3 Å². The lowest BCUT2D eigenvalue weighted by Gasteiger charge is -2.39. The number of hydrogen-bond acceptors (Lipinski definition) is 3. The third kappa shape index (κ3) is 2.26. The summed E-state index contributed by atoms with van der Waals surface area (Å²) in [6.07, 6.45) is 2.03. The highest BCUT2D eigenvalue weighted by molar-refractivity contribution is 5.41. The second-order valence-corrected chi connectivity index (χ2v) is 6.45. The largest absolute Gasteiger partial charge is 0.485 e. The molecule has 1 spiro atoms. The Bertz CT molecular complexity index is 486. The fourth-order valence-corrected chi connectivity index (χ4v) is 3.40. The fraction of sp³-hybridized carbons (Fsp3) is 0.625. The molecule has 1 aromatic rings. The molecule has 2 aliphatic rings. The number of nitrogens with two attached hydrogens (primary N) is 1. The van der Waals surface area contributed by atoms with E-state index in [2.05, 4.69) is 43.9 Å². The van der Waals surface area contributed by atoms with Crippen molar-refractivity contribution in [3.8, 4) is 5.75 Å². The molecular formula is C16H24N2O. The maximum absolute atomic E-state index is 6.39. The van der Waals surface area contributed by atoms with Gasteiger partial charge >= 0.3 is 0 Å². The van der Waals surface area contributed by atoms with E-state index in [1.165, 1.54) is 11.1 Å². The Morgan fingerprint density at radius 2 is 2.21 bits per heavy atom. The smallest absolute Gasteiger partial charge is 0.125 e. The number of nitrogens with zero attached hydrogens (tertiary/aromatic N) is 1. The molecular weight excluding hydrogens is 236 g/mol. The molecule has 1 fully saturated rings. The second-order valence-electron chi connectivity index (χ2n) is 6.45. The number of rotatable bonds is 1. The van der Waals surface area contributed by atoms with Gasteiger partial charge in [0, 0.05) is 43.6 Å². The van der Waals surface area contributed by atoms with Gasteiger partial charge in [-0.15, -0.1) is 0 Å². The van der Waals surface area contributed by atoms with Gasteiger partial charge in [0.25, 0.3) is 0 Å². The van der Waals surface area contributed by atoms with E-state index in [4.69, 9.17) is 10.5 Å². The molecule has 2 atom stereocenters. The zero-order valence-corrected chi connectivity index (χ0v) is 12.1. The molecule has 1 saturated heterocycles. The fourth-order valence-electron chi connectivity index (χ4n) is 3.40. The van der Waals surface area contributed by atoms with Crippen LogP contribution in [0, 0.1) is 6.92 Å². The van der Waals surface area contributed by atoms with Gasteiger partial charge in [-0.3, -0.25) is 4.90 Å². The summed E-state index contributed by atoms with van der Waals surface area (Å²) < 4.78 is 6.36. The van der Waals surface area contributed by atoms with Gasteiger partial charge in [0.2, 0.25) is 0 Å². The Hall–Kier alpha value is -1.06. The zero-order valence-electron chi connectivity index (χ0n) is 12.1. The Morgan fingerprint density at radius 1 is 1.42 bits per heavy atom. The van der Waals surface area contributed by atoms with Gasteiger partial charge < -0.3 is 10.5 Å². The van der Waals surface area contributed by atoms with Crippen LogP contribution in [0.4, 0.5) is 0 Å². The van der Waals surface area contributed by atoms with Gasteiger partial charge in [-0.05, 0) is 26.8 Å². The number of likely N-dealkylation sites (tertiary alicyclic amines) is 1. The van der Waals surface area contributed by atoms with E-state index < -0.39 is 0 Å². The standard InChI is InChI=1S/C16H24N2O/c1-11(2)18-7-6-16(10-18)9-14(17)13-8-12(3)4-5-15(13)19-16/h4-5,8,11,14H,6-7,9-10,17H2,1-3H3/t14-,16?/m1/s1. The van der Waals surface area contributed by atoms with E-state index in [0.29, 0.717) is 6.04 Å². The molecule has 0 amide bonds. The molecule has 2 aliphatic heterocycles. The van der Waals surface area contributed by atoms with E-state index in [-0.39, 0.29) is 11.6 Å². The number of benzene rings is 1. The van der Waals surface area contributed by atoms with Gasteiger partial charge in [0.15, 0.2) is 0 Å². The Balaban J connectivity index is 1.87. The summed E-state index contributed by atoms with van der Waals surface area (Å²) in [7, 11) is 0. The molecule has 2 N–H and O–H groups in total. The van der Waals surface area contributed by atoms with Crippen LogP contribution in [0.2, 0.25) is 0 Å². The summed E-state index contributed by atoms with van der Waals surface area (Å²) in [5, 5.41) is 0. The minimum Gasteiger partial charge on any atom is -0.485 e. The zero-order chi connectivity index (χ0) is 13.6. The summed E-state index contributed by atoms with van der Waals surface area (Å²) in [5.74, 6) is 0.995. The molecule has 0 aliphatic carbocycles. The molecule has 0 saturated carbocycles. The van der Waals surface area contributed by atoms with Crippen LogP contribution < -0.4 is 10.5 Å². The van der Waals surface area contributed by atoms with Crippen molar-refractivity contribution in [2.75, 3.05) is 13.1 Å². The molecule has 1 aromatic carbocycles. The van der Waals surface area contributed by atoms with E-state index in [0.717, 1.165) is 31.7 Å². The monoisotopic (exact) mass is 260 g/mol. The number of fused-ring (bicyclic) bond motifs is 1. The van der Waals surface area contributed by atoms with E-state index in [9.17, 15) is 0 Å². The first-order valence-electron chi connectivity index (χ1n) is 7.28. The average molecular weight is 260 g/mol. The predicted molar refractivity (Wildman–Crippen MR) is 77.4 cm³/mol. The van der Waals surface area contributed by atoms with Gasteiger partial charge in [-0.25, -0.2) is 0 Å². The van der Waals surface area contributed by atoms with Crippen molar-refractivity contribution in [1.82, 2.24) is 4.90 Å². The minimum atomic E-state index is -0.0635. The number of aryl methyl sites for hydroxylation is 1. The summed E-state index contributed by atoms with van der Waals surface area (Å²) in [5.41, 5.74) is 8.76. The Morgan fingerprint density at radius 3 is 2.89 bits per heavy atom. The molecule has 0 radical (unpaired) electrons. The summed E-state index contributed by atoms with van der Waals surface area (Å²) in [6.45, 7) is 8.73. The highest BCUT2D eigenvalue weighted by atomic mass is 16.5. The SMILES string of the molecule is Cc1ccc2c(c1)[C@H](N)CC1(CCN(C(C)C)C1)O2. The summed E-state index contributed by atoms with van der Waals surface area (Å²) in [6, 6.07) is 7.06. The topological polar surface area (TPSA) is 38.5 Å². The molecule has 3 nitrogen and oxygen atoms in total. The Kier molecular flexibility index (Phi) is 3.06. The molecule has 104 valence electrons. The lowest BCUT2D eigenvalue weighted by atomic mass is 9.86. The van der Waals surface area contributed by atoms with Crippen LogP contribution in [-0.4, -0.2) is 29.6 Å². The summed E-state index contributed by atoms with van der Waals surface area (Å²) >= 11 is 0. The van der Waals surface area contributed by atoms with E-state index in [1.54, 1.807) is 0 Å². The summed E-state index contributed by atoms with van der Waals surface area (Å²) in [4.78, 5) is 2.49. The van der Waals surface area contributed by atoms with Crippen LogP contribution in [0.25, 0.3) is 0 Å². The van der Waals surface area contributed by atoms with Crippen molar-refractivity contribution in [3.63, 3.8) is 0 Å². The van der Waals surface area contributed by atoms with Crippen LogP contribution in [0.15, 0.2) is 18.2 Å². The van der Waals surface area contributed by atoms with Crippen LogP contribution in [0.1, 0.15) is 43.9 Å². The van der Waals surface area contributed by atoms with Crippen molar-refractivity contribution in [2.24, 2.45) is 5.73 Å². The maximum atomic E-state index is 6.39. The Labute approximate surface area is 115 Å². The lowest BCUT2D eigenvalue weighted by Crippen LogP contribution is -2.46. The van der Waals surface area contributed by atoms with Gasteiger partial charge in [-0.2, -0.15) is 0 Å². The first kappa shape index (κ1) is 12.9. The number of ether oxygens (including phenoxy) is 1. The quantitative estimate of drug-likeness (QED) is 0.843. The van der Waals surface area contributed by atoms with Crippen LogP contribution in [0.5, 0.6) is 5.75 Å². The minimum absolute atomic E-state index is 0.0635. The average Bonchev–Trinajstić information content (AvgIpc) is 2.74. The van der Waals surface area contributed by atoms with Crippen molar-refractivity contribution in [1.29, 1.82) is 0 Å². The van der Waals surface area contributed by atoms with E-state index >= 15 is 0 Å². The van der Waals surface area contributed by atoms with Crippen LogP contribution in [-0.2, 0) is 0 Å². The van der Waals surface area contributed by atoms with Crippen molar-refractivity contribution >= 4 is 0 Å². The van der Waals surface area contributed by atoms with E-state index in [1.807, 2.05) is 0 Å². The van der Waals surface area contributed by atoms with Crippen LogP contribution in [0.3, 0.4) is 0 Å². The molecule has 19 heavy (non-hydrogen) atoms. The first-order valence-corrected chi connectivity index (χ1v) is 7.28. The second kappa shape index (κ2) is 4.50. The first-order chi connectivity index (χ1) is 8.99. The highest BCUT2D eigenvalue weighted by Crippen LogP contribution is 2.43. The van der Waals surface area contributed by atoms with Crippen molar-refractivity contribution < 1.29 is 4.74 Å². The molecule has 3 heteroatoms. The molecule has 0 aromatic heterocycles. The molecule has 1 unspecified atom stereocenters. The molecule has 0 bridgehead atoms. The maximum Gasteiger partial charge on any atom is 0.125 e. The molecule has 3 rings (SSSR count). The van der Waals surface area contributed by atoms with Crippen LogP contribution >= 0.6 is 0 Å².